The Balaban J connectivity index is 1.40. The highest BCUT2D eigenvalue weighted by Gasteiger charge is 2.64. The van der Waals surface area contributed by atoms with E-state index in [1.54, 1.807) is 0 Å². The summed E-state index contributed by atoms with van der Waals surface area (Å²) >= 11 is 0. The van der Waals surface area contributed by atoms with Crippen LogP contribution in [0.25, 0.3) is 0 Å². The summed E-state index contributed by atoms with van der Waals surface area (Å²) in [5, 5.41) is 0. The highest BCUT2D eigenvalue weighted by Crippen LogP contribution is 2.69. The van der Waals surface area contributed by atoms with E-state index in [4.69, 9.17) is 4.74 Å². The van der Waals surface area contributed by atoms with Crippen molar-refractivity contribution in [3.63, 3.8) is 0 Å². The molecule has 2 nitrogen and oxygen atoms in total. The van der Waals surface area contributed by atoms with Crippen LogP contribution in [0.15, 0.2) is 0 Å². The molecule has 0 bridgehead atoms. The van der Waals surface area contributed by atoms with Crippen LogP contribution < -0.4 is 0 Å². The third-order valence-electron chi connectivity index (χ3n) is 10.3. The Morgan fingerprint density at radius 2 is 1.68 bits per heavy atom. The van der Waals surface area contributed by atoms with Crippen molar-refractivity contribution in [1.82, 2.24) is 4.90 Å². The van der Waals surface area contributed by atoms with Gasteiger partial charge in [-0.1, -0.05) is 6.92 Å². The lowest BCUT2D eigenvalue weighted by Crippen LogP contribution is -2.55. The number of hydrogen-bond acceptors (Lipinski definition) is 2. The summed E-state index contributed by atoms with van der Waals surface area (Å²) in [4.78, 5) is 2.50. The van der Waals surface area contributed by atoms with Gasteiger partial charge in [0.1, 0.15) is 0 Å². The molecule has 4 saturated carbocycles. The predicted molar refractivity (Wildman–Crippen MR) is 102 cm³/mol. The van der Waals surface area contributed by atoms with Gasteiger partial charge in [-0.15, -0.1) is 0 Å². The number of hydrogen-bond donors (Lipinski definition) is 0. The van der Waals surface area contributed by atoms with E-state index >= 15 is 0 Å². The molecule has 9 atom stereocenters. The fraction of sp³-hybridized carbons (Fsp3) is 1.00. The number of rotatable bonds is 1. The normalized spacial score (nSPS) is 57.7. The molecule has 5 fully saturated rings. The third kappa shape index (κ3) is 2.22. The number of nitrogens with zero attached hydrogens (tertiary/aromatic N) is 1. The maximum Gasteiger partial charge on any atom is 0.0581 e. The summed E-state index contributed by atoms with van der Waals surface area (Å²) in [6, 6.07) is 0.838. The second-order valence-electron chi connectivity index (χ2n) is 11.0. The molecule has 25 heavy (non-hydrogen) atoms. The van der Waals surface area contributed by atoms with E-state index in [-0.39, 0.29) is 0 Å². The molecule has 1 aliphatic heterocycles. The van der Waals surface area contributed by atoms with Gasteiger partial charge in [-0.3, -0.25) is 0 Å². The molecule has 3 unspecified atom stereocenters. The van der Waals surface area contributed by atoms with Crippen molar-refractivity contribution in [1.29, 1.82) is 0 Å². The lowest BCUT2D eigenvalue weighted by atomic mass is 9.44. The van der Waals surface area contributed by atoms with Gasteiger partial charge in [-0.2, -0.15) is 0 Å². The van der Waals surface area contributed by atoms with Crippen LogP contribution in [0.4, 0.5) is 0 Å². The Morgan fingerprint density at radius 3 is 2.48 bits per heavy atom. The van der Waals surface area contributed by atoms with Gasteiger partial charge >= 0.3 is 0 Å². The topological polar surface area (TPSA) is 12.5 Å². The number of ether oxygens (including phenoxy) is 1. The van der Waals surface area contributed by atoms with Crippen molar-refractivity contribution in [3.8, 4) is 0 Å². The van der Waals surface area contributed by atoms with Crippen LogP contribution in [0, 0.1) is 40.4 Å². The van der Waals surface area contributed by atoms with E-state index in [0.29, 0.717) is 16.9 Å². The minimum absolute atomic E-state index is 0.531. The molecule has 0 aromatic carbocycles. The minimum Gasteiger partial charge on any atom is -0.378 e. The van der Waals surface area contributed by atoms with Gasteiger partial charge in [0, 0.05) is 11.5 Å². The van der Waals surface area contributed by atoms with Gasteiger partial charge < -0.3 is 9.64 Å². The summed E-state index contributed by atoms with van der Waals surface area (Å²) in [6.07, 6.45) is 13.9. The molecule has 0 amide bonds. The Kier molecular flexibility index (Phi) is 3.89. The maximum atomic E-state index is 6.23. The molecule has 5 aliphatic rings. The molecule has 1 saturated heterocycles. The minimum atomic E-state index is 0.531. The van der Waals surface area contributed by atoms with Crippen molar-refractivity contribution in [2.24, 2.45) is 40.4 Å². The van der Waals surface area contributed by atoms with Crippen LogP contribution in [-0.4, -0.2) is 37.7 Å². The highest BCUT2D eigenvalue weighted by atomic mass is 16.5. The first-order valence-electron chi connectivity index (χ1n) is 11.2. The van der Waals surface area contributed by atoms with Crippen molar-refractivity contribution in [2.75, 3.05) is 20.7 Å². The quantitative estimate of drug-likeness (QED) is 0.665. The first-order valence-corrected chi connectivity index (χ1v) is 11.2. The highest BCUT2D eigenvalue weighted by molar-refractivity contribution is 5.13. The molecule has 0 aromatic heterocycles. The van der Waals surface area contributed by atoms with Gasteiger partial charge in [0.15, 0.2) is 0 Å². The molecule has 1 heterocycles. The van der Waals surface area contributed by atoms with Crippen LogP contribution in [0.2, 0.25) is 0 Å². The molecule has 4 aliphatic carbocycles. The molecule has 2 heteroatoms. The van der Waals surface area contributed by atoms with Gasteiger partial charge in [-0.25, -0.2) is 0 Å². The molecular weight excluding hydrogens is 306 g/mol. The van der Waals surface area contributed by atoms with E-state index in [1.807, 2.05) is 0 Å². The molecule has 0 radical (unpaired) electrons. The largest absolute Gasteiger partial charge is 0.378 e. The summed E-state index contributed by atoms with van der Waals surface area (Å²) in [7, 11) is 4.59. The molecule has 142 valence electrons. The molecule has 5 rings (SSSR count). The average molecular weight is 346 g/mol. The van der Waals surface area contributed by atoms with Crippen molar-refractivity contribution >= 4 is 0 Å². The zero-order chi connectivity index (χ0) is 17.4. The Labute approximate surface area is 155 Å². The van der Waals surface area contributed by atoms with Gasteiger partial charge in [0.05, 0.1) is 12.7 Å². The van der Waals surface area contributed by atoms with Crippen LogP contribution in [-0.2, 0) is 4.74 Å². The van der Waals surface area contributed by atoms with Crippen LogP contribution in [0.3, 0.4) is 0 Å². The van der Waals surface area contributed by atoms with E-state index < -0.39 is 0 Å². The molecule has 1 spiro atoms. The first-order chi connectivity index (χ1) is 12.0. The summed E-state index contributed by atoms with van der Waals surface area (Å²) < 4.78 is 6.23. The van der Waals surface area contributed by atoms with E-state index in [2.05, 4.69) is 32.8 Å². The first kappa shape index (κ1) is 17.0. The van der Waals surface area contributed by atoms with Crippen LogP contribution in [0.1, 0.15) is 71.6 Å². The fourth-order valence-electron chi connectivity index (χ4n) is 8.95. The van der Waals surface area contributed by atoms with Gasteiger partial charge in [0.25, 0.3) is 0 Å². The summed E-state index contributed by atoms with van der Waals surface area (Å²) in [5.74, 6) is 4.89. The second kappa shape index (κ2) is 5.71. The molecular formula is C23H39NO. The van der Waals surface area contributed by atoms with Crippen molar-refractivity contribution < 1.29 is 4.74 Å². The zero-order valence-corrected chi connectivity index (χ0v) is 17.0. The van der Waals surface area contributed by atoms with E-state index in [1.165, 1.54) is 57.8 Å². The SMILES string of the molecule is C[C@H]1OC[C@]23CCC4C(CC[C@H]5C[C@@H](N(C)C)CC[C@]45C)C2CC[C@H]13. The number of fused-ring (bicyclic) bond motifs is 4. The predicted octanol–water partition coefficient (Wildman–Crippen LogP) is 4.97. The molecule has 0 N–H and O–H groups in total. The Morgan fingerprint density at radius 1 is 0.880 bits per heavy atom. The van der Waals surface area contributed by atoms with Crippen molar-refractivity contribution in [3.05, 3.63) is 0 Å². The third-order valence-corrected chi connectivity index (χ3v) is 10.3. The Bertz CT molecular complexity index is 532. The zero-order valence-electron chi connectivity index (χ0n) is 17.0. The smallest absolute Gasteiger partial charge is 0.0581 e. The fourth-order valence-corrected chi connectivity index (χ4v) is 8.95. The maximum absolute atomic E-state index is 6.23. The van der Waals surface area contributed by atoms with E-state index in [9.17, 15) is 0 Å². The summed E-state index contributed by atoms with van der Waals surface area (Å²) in [5.41, 5.74) is 1.23. The Hall–Kier alpha value is -0.0800. The summed E-state index contributed by atoms with van der Waals surface area (Å²) in [6.45, 7) is 6.16. The molecule has 0 aromatic rings. The average Bonchev–Trinajstić information content (AvgIpc) is 3.11. The lowest BCUT2D eigenvalue weighted by molar-refractivity contribution is -0.121. The standard InChI is InChI=1S/C23H39NO/c1-15-19-7-8-21-18-6-5-16-13-17(24(3)4)9-11-22(16,2)20(18)10-12-23(19,21)14-25-15/h15-21H,5-14H2,1-4H3/t15-,16+,17+,18?,19-,20?,21?,22+,23+/m1/s1. The monoisotopic (exact) mass is 345 g/mol. The van der Waals surface area contributed by atoms with Gasteiger partial charge in [0.2, 0.25) is 0 Å². The van der Waals surface area contributed by atoms with Crippen LogP contribution >= 0.6 is 0 Å². The van der Waals surface area contributed by atoms with E-state index in [0.717, 1.165) is 42.2 Å². The second-order valence-corrected chi connectivity index (χ2v) is 11.0. The van der Waals surface area contributed by atoms with Crippen LogP contribution in [0.5, 0.6) is 0 Å². The lowest BCUT2D eigenvalue weighted by Gasteiger charge is -2.61. The van der Waals surface area contributed by atoms with Crippen molar-refractivity contribution in [2.45, 2.75) is 83.8 Å². The van der Waals surface area contributed by atoms with Gasteiger partial charge in [-0.05, 0) is 114 Å².